The van der Waals surface area contributed by atoms with Gasteiger partial charge in [0.1, 0.15) is 0 Å². The molecular weight excluding hydrogens is 290 g/mol. The summed E-state index contributed by atoms with van der Waals surface area (Å²) in [5, 5.41) is 0. The van der Waals surface area contributed by atoms with Crippen LogP contribution in [0.25, 0.3) is 6.08 Å². The number of nitrogens with two attached hydrogens (primary N) is 1. The van der Waals surface area contributed by atoms with Gasteiger partial charge in [0.15, 0.2) is 0 Å². The quantitative estimate of drug-likeness (QED) is 0.775. The molecule has 0 aliphatic carbocycles. The van der Waals surface area contributed by atoms with Crippen LogP contribution in [-0.2, 0) is 14.8 Å². The maximum Gasteiger partial charge on any atom is 0.246 e. The van der Waals surface area contributed by atoms with Crippen molar-refractivity contribution >= 4 is 22.0 Å². The van der Waals surface area contributed by atoms with Crippen molar-refractivity contribution in [3.8, 4) is 0 Å². The number of nitrogens with zero attached hydrogens (tertiary/aromatic N) is 1. The molecule has 0 bridgehead atoms. The van der Waals surface area contributed by atoms with Gasteiger partial charge in [0, 0.05) is 25.2 Å². The first-order chi connectivity index (χ1) is 9.92. The first-order valence-electron chi connectivity index (χ1n) is 6.68. The van der Waals surface area contributed by atoms with Crippen molar-refractivity contribution in [2.24, 2.45) is 5.73 Å². The van der Waals surface area contributed by atoms with Gasteiger partial charge < -0.3 is 10.6 Å². The summed E-state index contributed by atoms with van der Waals surface area (Å²) in [7, 11) is -2.06. The minimum atomic E-state index is -3.43. The third-order valence-corrected chi connectivity index (χ3v) is 4.84. The van der Waals surface area contributed by atoms with Gasteiger partial charge in [0.25, 0.3) is 0 Å². The van der Waals surface area contributed by atoms with Crippen molar-refractivity contribution < 1.29 is 13.2 Å². The van der Waals surface area contributed by atoms with Crippen LogP contribution < -0.4 is 10.5 Å². The number of amides is 1. The fraction of sp³-hybridized carbons (Fsp3) is 0.357. The summed E-state index contributed by atoms with van der Waals surface area (Å²) in [6.45, 7) is 1.27. The molecule has 3 N–H and O–H groups in total. The molecule has 21 heavy (non-hydrogen) atoms. The van der Waals surface area contributed by atoms with Crippen LogP contribution in [0.3, 0.4) is 0 Å². The number of rotatable bonds is 4. The molecule has 1 aromatic rings. The molecule has 1 aliphatic heterocycles. The van der Waals surface area contributed by atoms with Gasteiger partial charge in [0.2, 0.25) is 15.9 Å². The number of carbonyl (C=O) groups excluding carboxylic acids is 1. The van der Waals surface area contributed by atoms with E-state index < -0.39 is 10.0 Å². The number of benzene rings is 1. The molecule has 2 rings (SSSR count). The molecule has 1 amide bonds. The molecule has 0 spiro atoms. The number of hydrogen-bond donors (Lipinski definition) is 2. The van der Waals surface area contributed by atoms with Crippen molar-refractivity contribution in [1.82, 2.24) is 9.62 Å². The van der Waals surface area contributed by atoms with Crippen LogP contribution in [0.4, 0.5) is 0 Å². The maximum atomic E-state index is 11.9. The number of nitrogens with one attached hydrogen (secondary N) is 1. The summed E-state index contributed by atoms with van der Waals surface area (Å²) in [4.78, 5) is 13.8. The Morgan fingerprint density at radius 2 is 2.05 bits per heavy atom. The SMILES string of the molecule is CNS(=O)(=O)c1ccc(C=CC(=O)N2CC[C@H](N)C2)cc1. The zero-order valence-electron chi connectivity index (χ0n) is 11.8. The number of sulfonamides is 1. The van der Waals surface area contributed by atoms with Gasteiger partial charge in [-0.25, -0.2) is 13.1 Å². The van der Waals surface area contributed by atoms with Crippen LogP contribution in [0.2, 0.25) is 0 Å². The Hall–Kier alpha value is -1.70. The van der Waals surface area contributed by atoms with Crippen molar-refractivity contribution in [2.45, 2.75) is 17.4 Å². The molecule has 0 unspecified atom stereocenters. The second kappa shape index (κ2) is 6.38. The maximum absolute atomic E-state index is 11.9. The van der Waals surface area contributed by atoms with E-state index in [0.717, 1.165) is 12.0 Å². The van der Waals surface area contributed by atoms with E-state index in [2.05, 4.69) is 4.72 Å². The first kappa shape index (κ1) is 15.7. The van der Waals surface area contributed by atoms with E-state index in [4.69, 9.17) is 5.73 Å². The zero-order chi connectivity index (χ0) is 15.5. The Balaban J connectivity index is 2.03. The molecule has 1 atom stereocenters. The van der Waals surface area contributed by atoms with Crippen molar-refractivity contribution in [2.75, 3.05) is 20.1 Å². The lowest BCUT2D eigenvalue weighted by Gasteiger charge is -2.12. The van der Waals surface area contributed by atoms with Crippen LogP contribution in [0.15, 0.2) is 35.2 Å². The number of carbonyl (C=O) groups is 1. The van der Waals surface area contributed by atoms with Crippen molar-refractivity contribution in [3.63, 3.8) is 0 Å². The highest BCUT2D eigenvalue weighted by molar-refractivity contribution is 7.89. The van der Waals surface area contributed by atoms with Crippen LogP contribution in [0, 0.1) is 0 Å². The monoisotopic (exact) mass is 309 g/mol. The Kier molecular flexibility index (Phi) is 4.76. The van der Waals surface area contributed by atoms with E-state index in [0.29, 0.717) is 13.1 Å². The normalized spacial score (nSPS) is 19.3. The van der Waals surface area contributed by atoms with Crippen molar-refractivity contribution in [3.05, 3.63) is 35.9 Å². The standard InChI is InChI=1S/C14H19N3O3S/c1-16-21(19,20)13-5-2-11(3-6-13)4-7-14(18)17-9-8-12(15)10-17/h2-7,12,16H,8-10,15H2,1H3/t12-/m0/s1. The second-order valence-corrected chi connectivity index (χ2v) is 6.83. The van der Waals surface area contributed by atoms with Crippen LogP contribution >= 0.6 is 0 Å². The van der Waals surface area contributed by atoms with Crippen LogP contribution in [0.5, 0.6) is 0 Å². The predicted molar refractivity (Wildman–Crippen MR) is 80.9 cm³/mol. The Bertz CT molecular complexity index is 638. The summed E-state index contributed by atoms with van der Waals surface area (Å²) in [5.41, 5.74) is 6.53. The van der Waals surface area contributed by atoms with E-state index in [1.165, 1.54) is 25.3 Å². The average Bonchev–Trinajstić information content (AvgIpc) is 2.92. The fourth-order valence-corrected chi connectivity index (χ4v) is 2.87. The van der Waals surface area contributed by atoms with Crippen LogP contribution in [-0.4, -0.2) is 45.4 Å². The highest BCUT2D eigenvalue weighted by atomic mass is 32.2. The molecule has 0 radical (unpaired) electrons. The van der Waals surface area contributed by atoms with Gasteiger partial charge >= 0.3 is 0 Å². The predicted octanol–water partition coefficient (Wildman–Crippen LogP) is 0.168. The van der Waals surface area contributed by atoms with Gasteiger partial charge in [-0.3, -0.25) is 4.79 Å². The third kappa shape index (κ3) is 3.90. The summed E-state index contributed by atoms with van der Waals surface area (Å²) < 4.78 is 25.4. The molecule has 1 saturated heterocycles. The molecule has 0 aromatic heterocycles. The summed E-state index contributed by atoms with van der Waals surface area (Å²) in [5.74, 6) is -0.0742. The van der Waals surface area contributed by atoms with E-state index >= 15 is 0 Å². The Labute approximate surface area is 124 Å². The molecule has 1 fully saturated rings. The number of hydrogen-bond acceptors (Lipinski definition) is 4. The molecule has 1 aliphatic rings. The lowest BCUT2D eigenvalue weighted by molar-refractivity contribution is -0.124. The van der Waals surface area contributed by atoms with E-state index in [1.807, 2.05) is 0 Å². The topological polar surface area (TPSA) is 92.5 Å². The largest absolute Gasteiger partial charge is 0.338 e. The molecule has 114 valence electrons. The highest BCUT2D eigenvalue weighted by Gasteiger charge is 2.21. The van der Waals surface area contributed by atoms with E-state index in [9.17, 15) is 13.2 Å². The minimum absolute atomic E-state index is 0.0633. The molecule has 0 saturated carbocycles. The molecular formula is C14H19N3O3S. The molecule has 1 aromatic carbocycles. The van der Waals surface area contributed by atoms with E-state index in [-0.39, 0.29) is 16.8 Å². The van der Waals surface area contributed by atoms with E-state index in [1.54, 1.807) is 23.1 Å². The lowest BCUT2D eigenvalue weighted by Crippen LogP contribution is -2.30. The van der Waals surface area contributed by atoms with Gasteiger partial charge in [-0.1, -0.05) is 12.1 Å². The smallest absolute Gasteiger partial charge is 0.246 e. The second-order valence-electron chi connectivity index (χ2n) is 4.94. The summed E-state index contributed by atoms with van der Waals surface area (Å²) in [6, 6.07) is 6.38. The Morgan fingerprint density at radius 1 is 1.38 bits per heavy atom. The lowest BCUT2D eigenvalue weighted by atomic mass is 10.2. The van der Waals surface area contributed by atoms with Gasteiger partial charge in [0.05, 0.1) is 4.90 Å². The van der Waals surface area contributed by atoms with Gasteiger partial charge in [-0.15, -0.1) is 0 Å². The zero-order valence-corrected chi connectivity index (χ0v) is 12.6. The third-order valence-electron chi connectivity index (χ3n) is 3.41. The minimum Gasteiger partial charge on any atom is -0.338 e. The number of likely N-dealkylation sites (tertiary alicyclic amines) is 1. The molecule has 7 heteroatoms. The fourth-order valence-electron chi connectivity index (χ4n) is 2.14. The van der Waals surface area contributed by atoms with Gasteiger partial charge in [-0.05, 0) is 37.2 Å². The highest BCUT2D eigenvalue weighted by Crippen LogP contribution is 2.12. The molecule has 6 nitrogen and oxygen atoms in total. The first-order valence-corrected chi connectivity index (χ1v) is 8.17. The average molecular weight is 309 g/mol. The summed E-state index contributed by atoms with van der Waals surface area (Å²) >= 11 is 0. The van der Waals surface area contributed by atoms with Gasteiger partial charge in [-0.2, -0.15) is 0 Å². The van der Waals surface area contributed by atoms with Crippen molar-refractivity contribution in [1.29, 1.82) is 0 Å². The Morgan fingerprint density at radius 3 is 2.57 bits per heavy atom. The van der Waals surface area contributed by atoms with Crippen LogP contribution in [0.1, 0.15) is 12.0 Å². The summed E-state index contributed by atoms with van der Waals surface area (Å²) in [6.07, 6.45) is 3.98. The molecule has 1 heterocycles.